The molecule has 1 aromatic carbocycles. The maximum atomic E-state index is 12.6. The molecular formula is C19H18ClN3O3. The fourth-order valence-electron chi connectivity index (χ4n) is 2.35. The van der Waals surface area contributed by atoms with Gasteiger partial charge in [-0.2, -0.15) is 0 Å². The first-order valence-corrected chi connectivity index (χ1v) is 8.38. The number of hydrogen-bond donors (Lipinski definition) is 1. The number of ether oxygens (including phenoxy) is 1. The molecule has 7 heteroatoms. The van der Waals surface area contributed by atoms with Crippen molar-refractivity contribution in [3.63, 3.8) is 0 Å². The molecule has 0 aliphatic carbocycles. The number of H-pyrrole nitrogens is 1. The van der Waals surface area contributed by atoms with E-state index < -0.39 is 11.6 Å². The summed E-state index contributed by atoms with van der Waals surface area (Å²) in [6, 6.07) is 10.2. The first kappa shape index (κ1) is 17.9. The molecule has 6 nitrogen and oxygen atoms in total. The molecule has 3 rings (SSSR count). The van der Waals surface area contributed by atoms with Gasteiger partial charge >= 0.3 is 5.97 Å². The van der Waals surface area contributed by atoms with Gasteiger partial charge in [-0.05, 0) is 50.6 Å². The molecule has 0 aliphatic heterocycles. The number of rotatable bonds is 3. The highest BCUT2D eigenvalue weighted by atomic mass is 35.5. The van der Waals surface area contributed by atoms with Crippen LogP contribution in [0.3, 0.4) is 0 Å². The fraction of sp³-hybridized carbons (Fsp3) is 0.211. The van der Waals surface area contributed by atoms with E-state index in [0.29, 0.717) is 22.0 Å². The number of pyridine rings is 1. The average Bonchev–Trinajstić information content (AvgIpc) is 2.96. The Hall–Kier alpha value is -2.86. The van der Waals surface area contributed by atoms with Crippen LogP contribution in [0.1, 0.15) is 31.1 Å². The van der Waals surface area contributed by atoms with Crippen LogP contribution in [0.4, 0.5) is 0 Å². The van der Waals surface area contributed by atoms with Crippen LogP contribution in [0.5, 0.6) is 0 Å². The number of aromatic nitrogens is 3. The summed E-state index contributed by atoms with van der Waals surface area (Å²) >= 11 is 5.88. The van der Waals surface area contributed by atoms with Crippen molar-refractivity contribution >= 4 is 17.6 Å². The van der Waals surface area contributed by atoms with Crippen LogP contribution >= 0.6 is 11.6 Å². The van der Waals surface area contributed by atoms with Gasteiger partial charge in [0, 0.05) is 17.4 Å². The molecule has 3 aromatic rings. The van der Waals surface area contributed by atoms with Gasteiger partial charge in [0.25, 0.3) is 5.56 Å². The molecule has 0 unspecified atom stereocenters. The zero-order chi connectivity index (χ0) is 18.9. The Bertz CT molecular complexity index is 981. The predicted molar refractivity (Wildman–Crippen MR) is 99.8 cm³/mol. The lowest BCUT2D eigenvalue weighted by atomic mass is 10.1. The quantitative estimate of drug-likeness (QED) is 0.710. The van der Waals surface area contributed by atoms with Gasteiger partial charge in [-0.3, -0.25) is 9.89 Å². The number of carbonyl (C=O) groups is 1. The number of nitrogens with zero attached hydrogens (tertiary/aromatic N) is 2. The van der Waals surface area contributed by atoms with Crippen molar-refractivity contribution in [2.24, 2.45) is 0 Å². The summed E-state index contributed by atoms with van der Waals surface area (Å²) in [5.74, 6) is -0.0836. The van der Waals surface area contributed by atoms with Gasteiger partial charge in [-0.25, -0.2) is 14.5 Å². The highest BCUT2D eigenvalue weighted by molar-refractivity contribution is 6.30. The summed E-state index contributed by atoms with van der Waals surface area (Å²) in [5, 5.41) is 3.48. The number of esters is 1. The van der Waals surface area contributed by atoms with Crippen LogP contribution in [0.25, 0.3) is 16.9 Å². The molecule has 0 bridgehead atoms. The molecular weight excluding hydrogens is 354 g/mol. The highest BCUT2D eigenvalue weighted by Crippen LogP contribution is 2.19. The number of halogens is 1. The van der Waals surface area contributed by atoms with Crippen LogP contribution in [0.15, 0.2) is 53.6 Å². The second kappa shape index (κ2) is 6.80. The van der Waals surface area contributed by atoms with E-state index in [1.807, 2.05) is 0 Å². The molecule has 0 saturated heterocycles. The number of nitrogens with one attached hydrogen (secondary N) is 1. The van der Waals surface area contributed by atoms with Crippen molar-refractivity contribution in [1.29, 1.82) is 0 Å². The largest absolute Gasteiger partial charge is 0.456 e. The van der Waals surface area contributed by atoms with Gasteiger partial charge in [0.15, 0.2) is 5.82 Å². The van der Waals surface area contributed by atoms with Gasteiger partial charge in [0.2, 0.25) is 0 Å². The van der Waals surface area contributed by atoms with Crippen LogP contribution in [0.2, 0.25) is 5.02 Å². The number of aromatic amines is 1. The minimum atomic E-state index is -0.584. The standard InChI is InChI=1S/C19H18ClN3O3/c1-19(2,3)26-18(25)13-6-9-16(21-10-13)23-17(24)15(11-22-23)12-4-7-14(20)8-5-12/h4-11,22H,1-3H3. The van der Waals surface area contributed by atoms with Crippen LogP contribution < -0.4 is 5.56 Å². The lowest BCUT2D eigenvalue weighted by molar-refractivity contribution is 0.00691. The summed E-state index contributed by atoms with van der Waals surface area (Å²) in [7, 11) is 0. The van der Waals surface area contributed by atoms with Crippen molar-refractivity contribution in [2.75, 3.05) is 0 Å². The summed E-state index contributed by atoms with van der Waals surface area (Å²) in [6.07, 6.45) is 2.99. The first-order valence-electron chi connectivity index (χ1n) is 8.01. The van der Waals surface area contributed by atoms with E-state index in [2.05, 4.69) is 10.1 Å². The molecule has 1 N–H and O–H groups in total. The van der Waals surface area contributed by atoms with Crippen molar-refractivity contribution in [3.8, 4) is 16.9 Å². The highest BCUT2D eigenvalue weighted by Gasteiger charge is 2.18. The Labute approximate surface area is 155 Å². The third-order valence-corrected chi connectivity index (χ3v) is 3.79. The molecule has 0 aliphatic rings. The molecule has 0 fully saturated rings. The van der Waals surface area contributed by atoms with E-state index in [1.165, 1.54) is 10.9 Å². The number of benzene rings is 1. The maximum absolute atomic E-state index is 12.6. The minimum Gasteiger partial charge on any atom is -0.456 e. The molecule has 0 spiro atoms. The maximum Gasteiger partial charge on any atom is 0.340 e. The lowest BCUT2D eigenvalue weighted by Crippen LogP contribution is -2.24. The van der Waals surface area contributed by atoms with Gasteiger partial charge in [0.1, 0.15) is 5.60 Å². The normalized spacial score (nSPS) is 11.4. The Morgan fingerprint density at radius 2 is 1.85 bits per heavy atom. The summed E-state index contributed by atoms with van der Waals surface area (Å²) in [4.78, 5) is 28.9. The number of hydrogen-bond acceptors (Lipinski definition) is 4. The van der Waals surface area contributed by atoms with Crippen LogP contribution in [-0.2, 0) is 4.74 Å². The second-order valence-corrected chi connectivity index (χ2v) is 7.18. The Balaban J connectivity index is 1.88. The van der Waals surface area contributed by atoms with E-state index in [9.17, 15) is 9.59 Å². The first-order chi connectivity index (χ1) is 12.2. The molecule has 0 radical (unpaired) electrons. The summed E-state index contributed by atoms with van der Waals surface area (Å²) < 4.78 is 6.61. The Morgan fingerprint density at radius 3 is 2.42 bits per heavy atom. The molecule has 0 atom stereocenters. The van der Waals surface area contributed by atoms with E-state index in [0.717, 1.165) is 5.56 Å². The van der Waals surface area contributed by atoms with Gasteiger partial charge in [0.05, 0.1) is 11.1 Å². The van der Waals surface area contributed by atoms with Crippen LogP contribution in [0, 0.1) is 0 Å². The van der Waals surface area contributed by atoms with E-state index in [1.54, 1.807) is 63.4 Å². The van der Waals surface area contributed by atoms with Gasteiger partial charge in [-0.15, -0.1) is 0 Å². The fourth-order valence-corrected chi connectivity index (χ4v) is 2.48. The molecule has 0 amide bonds. The zero-order valence-electron chi connectivity index (χ0n) is 14.6. The SMILES string of the molecule is CC(C)(C)OC(=O)c1ccc(-n2[nH]cc(-c3ccc(Cl)cc3)c2=O)nc1. The Kier molecular flexibility index (Phi) is 4.70. The summed E-state index contributed by atoms with van der Waals surface area (Å²) in [6.45, 7) is 5.39. The molecule has 0 saturated carbocycles. The minimum absolute atomic E-state index is 0.246. The molecule has 26 heavy (non-hydrogen) atoms. The molecule has 2 aromatic heterocycles. The second-order valence-electron chi connectivity index (χ2n) is 6.74. The third kappa shape index (κ3) is 3.86. The topological polar surface area (TPSA) is 77.0 Å². The molecule has 134 valence electrons. The lowest BCUT2D eigenvalue weighted by Gasteiger charge is -2.19. The van der Waals surface area contributed by atoms with Crippen molar-refractivity contribution in [1.82, 2.24) is 14.8 Å². The predicted octanol–water partition coefficient (Wildman–Crippen LogP) is 3.84. The molecule has 2 heterocycles. The van der Waals surface area contributed by atoms with E-state index in [4.69, 9.17) is 16.3 Å². The van der Waals surface area contributed by atoms with Crippen molar-refractivity contribution in [2.45, 2.75) is 26.4 Å². The van der Waals surface area contributed by atoms with Crippen molar-refractivity contribution < 1.29 is 9.53 Å². The smallest absolute Gasteiger partial charge is 0.340 e. The van der Waals surface area contributed by atoms with Gasteiger partial charge in [-0.1, -0.05) is 23.7 Å². The summed E-state index contributed by atoms with van der Waals surface area (Å²) in [5.41, 5.74) is 0.741. The zero-order valence-corrected chi connectivity index (χ0v) is 15.4. The van der Waals surface area contributed by atoms with Gasteiger partial charge < -0.3 is 4.74 Å². The van der Waals surface area contributed by atoms with Crippen molar-refractivity contribution in [3.05, 3.63) is 69.7 Å². The Morgan fingerprint density at radius 1 is 1.15 bits per heavy atom. The van der Waals surface area contributed by atoms with Crippen LogP contribution in [-0.4, -0.2) is 26.3 Å². The van der Waals surface area contributed by atoms with E-state index in [-0.39, 0.29) is 5.56 Å². The van der Waals surface area contributed by atoms with E-state index >= 15 is 0 Å². The average molecular weight is 372 g/mol. The third-order valence-electron chi connectivity index (χ3n) is 3.54. The number of carbonyl (C=O) groups excluding carboxylic acids is 1. The monoisotopic (exact) mass is 371 g/mol.